The molecule has 2 atom stereocenters. The van der Waals surface area contributed by atoms with Gasteiger partial charge in [-0.25, -0.2) is 5.84 Å². The molecule has 0 radical (unpaired) electrons. The molecule has 2 unspecified atom stereocenters. The zero-order valence-corrected chi connectivity index (χ0v) is 10.2. The molecule has 16 heavy (non-hydrogen) atoms. The third-order valence-electron chi connectivity index (χ3n) is 3.06. The largest absolute Gasteiger partial charge is 0.377 e. The number of carbonyl (C=O) groups is 1. The van der Waals surface area contributed by atoms with Crippen LogP contribution in [-0.2, 0) is 9.53 Å². The fourth-order valence-electron chi connectivity index (χ4n) is 2.02. The van der Waals surface area contributed by atoms with Gasteiger partial charge in [0, 0.05) is 32.2 Å². The monoisotopic (exact) mass is 229 g/mol. The standard InChI is InChI=1S/C11H23N3O2/c1-9(4-5-11(15)13-12)14-6-3-7-16-10(2)8-14/h9-10H,3-8,12H2,1-2H3,(H,13,15). The summed E-state index contributed by atoms with van der Waals surface area (Å²) in [7, 11) is 0. The van der Waals surface area contributed by atoms with Crippen molar-refractivity contribution in [3.63, 3.8) is 0 Å². The van der Waals surface area contributed by atoms with Crippen molar-refractivity contribution >= 4 is 5.91 Å². The van der Waals surface area contributed by atoms with Gasteiger partial charge in [0.25, 0.3) is 0 Å². The number of hydrazine groups is 1. The van der Waals surface area contributed by atoms with Gasteiger partial charge >= 0.3 is 0 Å². The van der Waals surface area contributed by atoms with Gasteiger partial charge in [-0.1, -0.05) is 0 Å². The molecular weight excluding hydrogens is 206 g/mol. The third-order valence-corrected chi connectivity index (χ3v) is 3.06. The van der Waals surface area contributed by atoms with E-state index in [1.165, 1.54) is 0 Å². The molecule has 1 fully saturated rings. The fourth-order valence-corrected chi connectivity index (χ4v) is 2.02. The number of carbonyl (C=O) groups excluding carboxylic acids is 1. The molecular formula is C11H23N3O2. The highest BCUT2D eigenvalue weighted by atomic mass is 16.5. The van der Waals surface area contributed by atoms with Gasteiger partial charge in [0.05, 0.1) is 6.10 Å². The second-order valence-electron chi connectivity index (χ2n) is 4.49. The zero-order chi connectivity index (χ0) is 12.0. The number of amides is 1. The first-order valence-corrected chi connectivity index (χ1v) is 5.98. The molecule has 1 rings (SSSR count). The molecule has 0 aliphatic carbocycles. The van der Waals surface area contributed by atoms with Crippen LogP contribution in [0.3, 0.4) is 0 Å². The van der Waals surface area contributed by atoms with Gasteiger partial charge in [0.15, 0.2) is 0 Å². The Bertz CT molecular complexity index is 223. The molecule has 5 heteroatoms. The van der Waals surface area contributed by atoms with Crippen molar-refractivity contribution in [1.82, 2.24) is 10.3 Å². The molecule has 0 aromatic heterocycles. The zero-order valence-electron chi connectivity index (χ0n) is 10.2. The van der Waals surface area contributed by atoms with Crippen LogP contribution in [0.4, 0.5) is 0 Å². The quantitative estimate of drug-likeness (QED) is 0.412. The Kier molecular flexibility index (Phi) is 5.73. The maximum absolute atomic E-state index is 11.1. The summed E-state index contributed by atoms with van der Waals surface area (Å²) in [4.78, 5) is 13.4. The number of nitrogens with two attached hydrogens (primary N) is 1. The van der Waals surface area contributed by atoms with Gasteiger partial charge < -0.3 is 4.74 Å². The van der Waals surface area contributed by atoms with Crippen molar-refractivity contribution in [3.05, 3.63) is 0 Å². The summed E-state index contributed by atoms with van der Waals surface area (Å²) in [5.74, 6) is 4.96. The Labute approximate surface area is 97.3 Å². The van der Waals surface area contributed by atoms with E-state index >= 15 is 0 Å². The lowest BCUT2D eigenvalue weighted by atomic mass is 10.1. The highest BCUT2D eigenvalue weighted by Crippen LogP contribution is 2.12. The van der Waals surface area contributed by atoms with E-state index in [2.05, 4.69) is 24.2 Å². The van der Waals surface area contributed by atoms with E-state index in [0.717, 1.165) is 32.5 Å². The van der Waals surface area contributed by atoms with E-state index in [0.29, 0.717) is 12.5 Å². The molecule has 1 amide bonds. The van der Waals surface area contributed by atoms with Crippen LogP contribution in [-0.4, -0.2) is 42.6 Å². The third kappa shape index (κ3) is 4.47. The maximum Gasteiger partial charge on any atom is 0.233 e. The molecule has 5 nitrogen and oxygen atoms in total. The van der Waals surface area contributed by atoms with E-state index in [9.17, 15) is 4.79 Å². The van der Waals surface area contributed by atoms with Gasteiger partial charge in [-0.05, 0) is 26.7 Å². The van der Waals surface area contributed by atoms with Crippen molar-refractivity contribution in [2.75, 3.05) is 19.7 Å². The van der Waals surface area contributed by atoms with Gasteiger partial charge in [-0.2, -0.15) is 0 Å². The molecule has 1 aliphatic heterocycles. The number of hydrogen-bond acceptors (Lipinski definition) is 4. The number of ether oxygens (including phenoxy) is 1. The number of nitrogens with zero attached hydrogens (tertiary/aromatic N) is 1. The molecule has 1 aliphatic rings. The lowest BCUT2D eigenvalue weighted by Gasteiger charge is -2.28. The van der Waals surface area contributed by atoms with Crippen LogP contribution in [0, 0.1) is 0 Å². The van der Waals surface area contributed by atoms with Crippen LogP contribution in [0.25, 0.3) is 0 Å². The van der Waals surface area contributed by atoms with Gasteiger partial charge in [-0.15, -0.1) is 0 Å². The van der Waals surface area contributed by atoms with Crippen molar-refractivity contribution in [2.45, 2.75) is 45.3 Å². The summed E-state index contributed by atoms with van der Waals surface area (Å²) in [6.45, 7) is 7.09. The summed E-state index contributed by atoms with van der Waals surface area (Å²) in [6.07, 6.45) is 2.69. The number of rotatable bonds is 4. The summed E-state index contributed by atoms with van der Waals surface area (Å²) < 4.78 is 5.59. The number of hydrogen-bond donors (Lipinski definition) is 2. The van der Waals surface area contributed by atoms with Crippen molar-refractivity contribution in [1.29, 1.82) is 0 Å². The first-order valence-electron chi connectivity index (χ1n) is 5.98. The molecule has 94 valence electrons. The van der Waals surface area contributed by atoms with Crippen LogP contribution >= 0.6 is 0 Å². The lowest BCUT2D eigenvalue weighted by molar-refractivity contribution is -0.121. The smallest absolute Gasteiger partial charge is 0.233 e. The Hall–Kier alpha value is -0.650. The normalized spacial score (nSPS) is 24.8. The van der Waals surface area contributed by atoms with Crippen LogP contribution in [0.2, 0.25) is 0 Å². The topological polar surface area (TPSA) is 67.6 Å². The summed E-state index contributed by atoms with van der Waals surface area (Å²) in [6, 6.07) is 0.404. The molecule has 0 aromatic carbocycles. The minimum Gasteiger partial charge on any atom is -0.377 e. The Morgan fingerprint density at radius 3 is 3.12 bits per heavy atom. The lowest BCUT2D eigenvalue weighted by Crippen LogP contribution is -2.39. The summed E-state index contributed by atoms with van der Waals surface area (Å²) >= 11 is 0. The molecule has 0 bridgehead atoms. The minimum atomic E-state index is -0.0917. The van der Waals surface area contributed by atoms with E-state index < -0.39 is 0 Å². The van der Waals surface area contributed by atoms with Crippen molar-refractivity contribution in [3.8, 4) is 0 Å². The van der Waals surface area contributed by atoms with Gasteiger partial charge in [0.1, 0.15) is 0 Å². The Morgan fingerprint density at radius 1 is 1.69 bits per heavy atom. The molecule has 1 saturated heterocycles. The van der Waals surface area contributed by atoms with Crippen LogP contribution in [0.5, 0.6) is 0 Å². The molecule has 1 heterocycles. The highest BCUT2D eigenvalue weighted by molar-refractivity contribution is 5.75. The second kappa shape index (κ2) is 6.83. The first-order chi connectivity index (χ1) is 7.63. The average Bonchev–Trinajstić information content (AvgIpc) is 2.50. The SMILES string of the molecule is CC1CN(C(C)CCC(=O)NN)CCCO1. The predicted octanol–water partition coefficient (Wildman–Crippen LogP) is 0.256. The Balaban J connectivity index is 2.33. The molecule has 0 aromatic rings. The Morgan fingerprint density at radius 2 is 2.44 bits per heavy atom. The summed E-state index contributed by atoms with van der Waals surface area (Å²) in [5.41, 5.74) is 2.16. The predicted molar refractivity (Wildman–Crippen MR) is 62.6 cm³/mol. The molecule has 0 saturated carbocycles. The molecule has 0 spiro atoms. The number of nitrogens with one attached hydrogen (secondary N) is 1. The molecule has 3 N–H and O–H groups in total. The maximum atomic E-state index is 11.1. The van der Waals surface area contributed by atoms with E-state index in [-0.39, 0.29) is 12.0 Å². The van der Waals surface area contributed by atoms with Gasteiger partial charge in [0.2, 0.25) is 5.91 Å². The summed E-state index contributed by atoms with van der Waals surface area (Å²) in [5, 5.41) is 0. The van der Waals surface area contributed by atoms with Crippen LogP contribution in [0.1, 0.15) is 33.1 Å². The first kappa shape index (κ1) is 13.4. The second-order valence-corrected chi connectivity index (χ2v) is 4.49. The van der Waals surface area contributed by atoms with Crippen molar-refractivity contribution in [2.24, 2.45) is 5.84 Å². The average molecular weight is 229 g/mol. The highest BCUT2D eigenvalue weighted by Gasteiger charge is 2.20. The van der Waals surface area contributed by atoms with Crippen LogP contribution < -0.4 is 11.3 Å². The van der Waals surface area contributed by atoms with E-state index in [1.807, 2.05) is 0 Å². The van der Waals surface area contributed by atoms with Crippen LogP contribution in [0.15, 0.2) is 0 Å². The minimum absolute atomic E-state index is 0.0917. The van der Waals surface area contributed by atoms with E-state index in [4.69, 9.17) is 10.6 Å². The van der Waals surface area contributed by atoms with Crippen molar-refractivity contribution < 1.29 is 9.53 Å². The van der Waals surface area contributed by atoms with E-state index in [1.54, 1.807) is 0 Å². The fraction of sp³-hybridized carbons (Fsp3) is 0.909. The van der Waals surface area contributed by atoms with Gasteiger partial charge in [-0.3, -0.25) is 15.1 Å².